The molecule has 1 amide bonds. The van der Waals surface area contributed by atoms with Crippen LogP contribution in [-0.4, -0.2) is 36.7 Å². The number of rotatable bonds is 3. The normalized spacial score (nSPS) is 17.8. The van der Waals surface area contributed by atoms with Crippen molar-refractivity contribution in [3.63, 3.8) is 0 Å². The lowest BCUT2D eigenvalue weighted by atomic mass is 10.2. The topological polar surface area (TPSA) is 56.0 Å². The average Bonchev–Trinajstić information content (AvgIpc) is 3.33. The van der Waals surface area contributed by atoms with Crippen LogP contribution in [0.1, 0.15) is 55.1 Å². The molecular weight excluding hydrogens is 314 g/mol. The van der Waals surface area contributed by atoms with Crippen LogP contribution in [0.2, 0.25) is 0 Å². The molecule has 6 heteroatoms. The number of imidazole rings is 1. The molecule has 1 saturated heterocycles. The van der Waals surface area contributed by atoms with E-state index in [-0.39, 0.29) is 18.0 Å². The summed E-state index contributed by atoms with van der Waals surface area (Å²) in [7, 11) is 2.03. The fraction of sp³-hybridized carbons (Fsp3) is 0.421. The second kappa shape index (κ2) is 6.02. The summed E-state index contributed by atoms with van der Waals surface area (Å²) < 4.78 is 3.94. The average molecular weight is 337 g/mol. The molecule has 0 bridgehead atoms. The van der Waals surface area contributed by atoms with Crippen molar-refractivity contribution in [1.29, 1.82) is 0 Å². The number of hydrogen-bond donors (Lipinski definition) is 0. The molecule has 4 rings (SSSR count). The van der Waals surface area contributed by atoms with E-state index in [0.29, 0.717) is 5.69 Å². The minimum atomic E-state index is -0.00560. The summed E-state index contributed by atoms with van der Waals surface area (Å²) in [5.74, 6) is 0.948. The highest BCUT2D eigenvalue weighted by molar-refractivity contribution is 5.92. The molecular formula is C19H23N5O. The van der Waals surface area contributed by atoms with E-state index in [4.69, 9.17) is 4.98 Å². The fourth-order valence-electron chi connectivity index (χ4n) is 3.63. The van der Waals surface area contributed by atoms with E-state index in [1.54, 1.807) is 0 Å². The molecule has 1 aliphatic heterocycles. The smallest absolute Gasteiger partial charge is 0.274 e. The number of carbonyl (C=O) groups is 1. The molecule has 0 unspecified atom stereocenters. The molecule has 130 valence electrons. The van der Waals surface area contributed by atoms with Gasteiger partial charge in [0.25, 0.3) is 5.91 Å². The van der Waals surface area contributed by atoms with Gasteiger partial charge in [0.1, 0.15) is 11.5 Å². The van der Waals surface area contributed by atoms with Gasteiger partial charge in [-0.25, -0.2) is 4.98 Å². The lowest BCUT2D eigenvalue weighted by Gasteiger charge is -2.23. The molecule has 0 spiro atoms. The Hall–Kier alpha value is -2.63. The standard InChI is InChI=1S/C19H23N5O/c1-13(2)24-12-10-15(21-24)19(25)23-11-6-9-17(23)18-20-14-7-4-5-8-16(14)22(18)3/h4-5,7-8,10,12-13,17H,6,9,11H2,1-3H3/t17-/m1/s1. The van der Waals surface area contributed by atoms with E-state index in [1.807, 2.05) is 47.1 Å². The van der Waals surface area contributed by atoms with E-state index < -0.39 is 0 Å². The first kappa shape index (κ1) is 15.9. The van der Waals surface area contributed by atoms with Crippen LogP contribution in [0.3, 0.4) is 0 Å². The van der Waals surface area contributed by atoms with Crippen LogP contribution >= 0.6 is 0 Å². The quantitative estimate of drug-likeness (QED) is 0.736. The maximum Gasteiger partial charge on any atom is 0.274 e. The Bertz CT molecular complexity index is 923. The van der Waals surface area contributed by atoms with Crippen LogP contribution in [0, 0.1) is 0 Å². The van der Waals surface area contributed by atoms with E-state index in [2.05, 4.69) is 29.6 Å². The van der Waals surface area contributed by atoms with E-state index in [9.17, 15) is 4.79 Å². The first-order valence-corrected chi connectivity index (χ1v) is 8.83. The molecule has 1 aliphatic rings. The van der Waals surface area contributed by atoms with Crippen molar-refractivity contribution in [2.45, 2.75) is 38.8 Å². The summed E-state index contributed by atoms with van der Waals surface area (Å²) in [6.07, 6.45) is 3.80. The van der Waals surface area contributed by atoms with Gasteiger partial charge in [0.15, 0.2) is 0 Å². The Kier molecular flexibility index (Phi) is 3.82. The predicted octanol–water partition coefficient (Wildman–Crippen LogP) is 3.33. The van der Waals surface area contributed by atoms with Crippen LogP contribution in [0.4, 0.5) is 0 Å². The molecule has 25 heavy (non-hydrogen) atoms. The van der Waals surface area contributed by atoms with Gasteiger partial charge in [-0.2, -0.15) is 5.10 Å². The minimum absolute atomic E-state index is 0.00560. The van der Waals surface area contributed by atoms with Crippen molar-refractivity contribution in [2.75, 3.05) is 6.54 Å². The molecule has 2 aromatic heterocycles. The first-order valence-electron chi connectivity index (χ1n) is 8.83. The van der Waals surface area contributed by atoms with E-state index in [1.165, 1.54) is 0 Å². The summed E-state index contributed by atoms with van der Waals surface area (Å²) in [6.45, 7) is 4.86. The van der Waals surface area contributed by atoms with Crippen molar-refractivity contribution >= 4 is 16.9 Å². The third-order valence-electron chi connectivity index (χ3n) is 4.99. The van der Waals surface area contributed by atoms with Gasteiger partial charge in [0, 0.05) is 25.8 Å². The zero-order chi connectivity index (χ0) is 17.6. The monoisotopic (exact) mass is 337 g/mol. The molecule has 1 aromatic carbocycles. The maximum absolute atomic E-state index is 13.0. The molecule has 1 fully saturated rings. The lowest BCUT2D eigenvalue weighted by Crippen LogP contribution is -2.32. The number of likely N-dealkylation sites (tertiary alicyclic amines) is 1. The minimum Gasteiger partial charge on any atom is -0.329 e. The van der Waals surface area contributed by atoms with Gasteiger partial charge in [0.05, 0.1) is 17.1 Å². The number of carbonyl (C=O) groups excluding carboxylic acids is 1. The van der Waals surface area contributed by atoms with Gasteiger partial charge in [-0.3, -0.25) is 9.48 Å². The molecule has 0 N–H and O–H groups in total. The van der Waals surface area contributed by atoms with Gasteiger partial charge in [-0.15, -0.1) is 0 Å². The maximum atomic E-state index is 13.0. The largest absolute Gasteiger partial charge is 0.329 e. The zero-order valence-electron chi connectivity index (χ0n) is 14.9. The number of aromatic nitrogens is 4. The molecule has 0 aliphatic carbocycles. The number of hydrogen-bond acceptors (Lipinski definition) is 3. The molecule has 0 saturated carbocycles. The molecule has 0 radical (unpaired) electrons. The first-order chi connectivity index (χ1) is 12.1. The SMILES string of the molecule is CC(C)n1ccc(C(=O)N2CCC[C@@H]2c2nc3ccccc3n2C)n1. The van der Waals surface area contributed by atoms with E-state index >= 15 is 0 Å². The number of benzene rings is 1. The van der Waals surface area contributed by atoms with Crippen molar-refractivity contribution in [3.8, 4) is 0 Å². The van der Waals surface area contributed by atoms with Crippen LogP contribution < -0.4 is 0 Å². The van der Waals surface area contributed by atoms with Gasteiger partial charge < -0.3 is 9.47 Å². The highest BCUT2D eigenvalue weighted by atomic mass is 16.2. The Morgan fingerprint density at radius 3 is 2.76 bits per heavy atom. The Labute approximate surface area is 147 Å². The Balaban J connectivity index is 1.67. The second-order valence-electron chi connectivity index (χ2n) is 6.95. The summed E-state index contributed by atoms with van der Waals surface area (Å²) in [5.41, 5.74) is 2.59. The number of aryl methyl sites for hydroxylation is 1. The summed E-state index contributed by atoms with van der Waals surface area (Å²) >= 11 is 0. The van der Waals surface area contributed by atoms with Crippen LogP contribution in [0.25, 0.3) is 11.0 Å². The molecule has 3 aromatic rings. The van der Waals surface area contributed by atoms with Crippen molar-refractivity contribution < 1.29 is 4.79 Å². The van der Waals surface area contributed by atoms with Gasteiger partial charge >= 0.3 is 0 Å². The van der Waals surface area contributed by atoms with Crippen molar-refractivity contribution in [3.05, 3.63) is 48.0 Å². The summed E-state index contributed by atoms with van der Waals surface area (Å²) in [4.78, 5) is 19.7. The highest BCUT2D eigenvalue weighted by Crippen LogP contribution is 2.33. The Morgan fingerprint density at radius 1 is 1.24 bits per heavy atom. The van der Waals surface area contributed by atoms with Crippen LogP contribution in [0.15, 0.2) is 36.5 Å². The summed E-state index contributed by atoms with van der Waals surface area (Å²) in [6, 6.07) is 10.2. The number of fused-ring (bicyclic) bond motifs is 1. The van der Waals surface area contributed by atoms with Crippen molar-refractivity contribution in [2.24, 2.45) is 7.05 Å². The second-order valence-corrected chi connectivity index (χ2v) is 6.95. The fourth-order valence-corrected chi connectivity index (χ4v) is 3.63. The number of para-hydroxylation sites is 2. The number of nitrogens with zero attached hydrogens (tertiary/aromatic N) is 5. The van der Waals surface area contributed by atoms with E-state index in [0.717, 1.165) is 36.2 Å². The molecule has 3 heterocycles. The lowest BCUT2D eigenvalue weighted by molar-refractivity contribution is 0.0721. The van der Waals surface area contributed by atoms with Crippen molar-refractivity contribution in [1.82, 2.24) is 24.2 Å². The van der Waals surface area contributed by atoms with Crippen LogP contribution in [-0.2, 0) is 7.05 Å². The highest BCUT2D eigenvalue weighted by Gasteiger charge is 2.34. The van der Waals surface area contributed by atoms with Gasteiger partial charge in [0.2, 0.25) is 0 Å². The molecule has 1 atom stereocenters. The van der Waals surface area contributed by atoms with Gasteiger partial charge in [-0.1, -0.05) is 12.1 Å². The zero-order valence-corrected chi connectivity index (χ0v) is 14.9. The molecule has 6 nitrogen and oxygen atoms in total. The van der Waals surface area contributed by atoms with Gasteiger partial charge in [-0.05, 0) is 44.9 Å². The number of amides is 1. The Morgan fingerprint density at radius 2 is 2.04 bits per heavy atom. The van der Waals surface area contributed by atoms with Crippen LogP contribution in [0.5, 0.6) is 0 Å². The predicted molar refractivity (Wildman–Crippen MR) is 96.3 cm³/mol. The third-order valence-corrected chi connectivity index (χ3v) is 4.99. The third kappa shape index (κ3) is 2.62. The summed E-state index contributed by atoms with van der Waals surface area (Å²) in [5, 5.41) is 4.45.